The molecule has 1 aromatic heterocycles. The maximum atomic E-state index is 12.7. The van der Waals surface area contributed by atoms with E-state index in [1.807, 2.05) is 32.9 Å². The van der Waals surface area contributed by atoms with Gasteiger partial charge in [0.1, 0.15) is 4.21 Å². The Balaban J connectivity index is 2.60. The molecule has 0 aliphatic rings. The van der Waals surface area contributed by atoms with Gasteiger partial charge in [-0.05, 0) is 42.5 Å². The van der Waals surface area contributed by atoms with E-state index in [0.29, 0.717) is 22.3 Å². The van der Waals surface area contributed by atoms with Crippen molar-refractivity contribution >= 4 is 43.0 Å². The molecule has 0 radical (unpaired) electrons. The third-order valence-corrected chi connectivity index (χ3v) is 7.33. The highest BCUT2D eigenvalue weighted by Crippen LogP contribution is 2.36. The smallest absolute Gasteiger partial charge is 0.206 e. The molecule has 0 N–H and O–H groups in total. The van der Waals surface area contributed by atoms with Gasteiger partial charge in [0.25, 0.3) is 10.0 Å². The van der Waals surface area contributed by atoms with Gasteiger partial charge in [0.05, 0.1) is 0 Å². The van der Waals surface area contributed by atoms with Gasteiger partial charge in [-0.25, -0.2) is 8.42 Å². The van der Waals surface area contributed by atoms with Crippen molar-refractivity contribution in [3.8, 4) is 0 Å². The van der Waals surface area contributed by atoms with Crippen LogP contribution in [0.2, 0.25) is 5.02 Å². The summed E-state index contributed by atoms with van der Waals surface area (Å²) in [5.74, 6) is 0. The fourth-order valence-electron chi connectivity index (χ4n) is 2.23. The first-order valence-corrected chi connectivity index (χ1v) is 9.24. The molecule has 0 amide bonds. The molecule has 1 heterocycles. The first-order valence-electron chi connectivity index (χ1n) is 6.60. The van der Waals surface area contributed by atoms with E-state index in [0.717, 1.165) is 22.1 Å². The Morgan fingerprint density at radius 1 is 1.30 bits per heavy atom. The molecule has 0 bridgehead atoms. The average Bonchev–Trinajstić information content (AvgIpc) is 2.73. The lowest BCUT2D eigenvalue weighted by Crippen LogP contribution is -2.31. The summed E-state index contributed by atoms with van der Waals surface area (Å²) in [6.45, 7) is 6.74. The second kappa shape index (κ2) is 6.02. The Labute approximate surface area is 129 Å². The molecule has 3 nitrogen and oxygen atoms in total. The summed E-state index contributed by atoms with van der Waals surface area (Å²) < 4.78 is 28.4. The van der Waals surface area contributed by atoms with Gasteiger partial charge in [-0.3, -0.25) is 0 Å². The zero-order chi connectivity index (χ0) is 14.9. The van der Waals surface area contributed by atoms with E-state index in [9.17, 15) is 8.42 Å². The molecule has 110 valence electrons. The first kappa shape index (κ1) is 15.8. The minimum atomic E-state index is -3.41. The van der Waals surface area contributed by atoms with Crippen LogP contribution in [0.25, 0.3) is 10.1 Å². The van der Waals surface area contributed by atoms with Crippen LogP contribution >= 0.6 is 22.9 Å². The van der Waals surface area contributed by atoms with E-state index in [-0.39, 0.29) is 0 Å². The lowest BCUT2D eigenvalue weighted by atomic mass is 10.2. The van der Waals surface area contributed by atoms with Crippen LogP contribution in [0.15, 0.2) is 22.4 Å². The van der Waals surface area contributed by atoms with E-state index >= 15 is 0 Å². The summed E-state index contributed by atoms with van der Waals surface area (Å²) in [6, 6.07) is 5.50. The van der Waals surface area contributed by atoms with Gasteiger partial charge in [0.15, 0.2) is 0 Å². The van der Waals surface area contributed by atoms with Crippen LogP contribution in [0.4, 0.5) is 0 Å². The van der Waals surface area contributed by atoms with Gasteiger partial charge < -0.3 is 0 Å². The lowest BCUT2D eigenvalue weighted by molar-refractivity contribution is 0.428. The maximum Gasteiger partial charge on any atom is 0.252 e. The molecule has 6 heteroatoms. The van der Waals surface area contributed by atoms with Crippen molar-refractivity contribution < 1.29 is 8.42 Å². The fraction of sp³-hybridized carbons (Fsp3) is 0.429. The van der Waals surface area contributed by atoms with Crippen molar-refractivity contribution in [2.24, 2.45) is 0 Å². The summed E-state index contributed by atoms with van der Waals surface area (Å²) >= 11 is 7.32. The molecule has 2 aromatic rings. The third kappa shape index (κ3) is 2.72. The molecule has 0 fully saturated rings. The molecule has 0 unspecified atom stereocenters. The van der Waals surface area contributed by atoms with E-state index in [4.69, 9.17) is 11.6 Å². The predicted octanol–water partition coefficient (Wildman–Crippen LogP) is 4.28. The third-order valence-electron chi connectivity index (χ3n) is 3.25. The second-order valence-electron chi connectivity index (χ2n) is 4.65. The van der Waals surface area contributed by atoms with Crippen LogP contribution in [0.5, 0.6) is 0 Å². The highest BCUT2D eigenvalue weighted by molar-refractivity contribution is 7.91. The van der Waals surface area contributed by atoms with Gasteiger partial charge in [0.2, 0.25) is 0 Å². The van der Waals surface area contributed by atoms with E-state index in [2.05, 4.69) is 0 Å². The quantitative estimate of drug-likeness (QED) is 0.819. The lowest BCUT2D eigenvalue weighted by Gasteiger charge is -2.19. The Bertz CT molecular complexity index is 722. The van der Waals surface area contributed by atoms with Crippen LogP contribution in [-0.4, -0.2) is 25.8 Å². The van der Waals surface area contributed by atoms with Crippen LogP contribution in [0.3, 0.4) is 0 Å². The van der Waals surface area contributed by atoms with Crippen molar-refractivity contribution in [1.29, 1.82) is 0 Å². The van der Waals surface area contributed by atoms with Crippen molar-refractivity contribution in [2.45, 2.75) is 31.4 Å². The van der Waals surface area contributed by atoms with E-state index in [1.54, 1.807) is 6.07 Å². The Hall–Kier alpha value is -0.620. The standard InChI is InChI=1S/C14H18ClNO2S2/c1-4-8-16(5-2)20(17,18)14-10(3)12-9-11(15)6-7-13(12)19-14/h6-7,9H,4-5,8H2,1-3H3. The topological polar surface area (TPSA) is 37.4 Å². The van der Waals surface area contributed by atoms with E-state index in [1.165, 1.54) is 15.6 Å². The molecule has 0 aliphatic carbocycles. The minimum absolute atomic E-state index is 0.435. The Morgan fingerprint density at radius 2 is 2.00 bits per heavy atom. The number of rotatable bonds is 5. The highest BCUT2D eigenvalue weighted by Gasteiger charge is 2.27. The zero-order valence-corrected chi connectivity index (χ0v) is 14.2. The van der Waals surface area contributed by atoms with Gasteiger partial charge >= 0.3 is 0 Å². The molecular formula is C14H18ClNO2S2. The van der Waals surface area contributed by atoms with Crippen molar-refractivity contribution in [3.05, 3.63) is 28.8 Å². The summed E-state index contributed by atoms with van der Waals surface area (Å²) in [6.07, 6.45) is 0.808. The average molecular weight is 332 g/mol. The Morgan fingerprint density at radius 3 is 2.60 bits per heavy atom. The van der Waals surface area contributed by atoms with E-state index < -0.39 is 10.0 Å². The van der Waals surface area contributed by atoms with Crippen LogP contribution < -0.4 is 0 Å². The van der Waals surface area contributed by atoms with Crippen molar-refractivity contribution in [3.63, 3.8) is 0 Å². The predicted molar refractivity (Wildman–Crippen MR) is 86.3 cm³/mol. The number of benzene rings is 1. The van der Waals surface area contributed by atoms with Gasteiger partial charge in [-0.2, -0.15) is 4.31 Å². The minimum Gasteiger partial charge on any atom is -0.206 e. The number of hydrogen-bond donors (Lipinski definition) is 0. The highest BCUT2D eigenvalue weighted by atomic mass is 35.5. The molecule has 0 atom stereocenters. The molecule has 20 heavy (non-hydrogen) atoms. The fourth-order valence-corrected chi connectivity index (χ4v) is 5.83. The molecule has 0 saturated heterocycles. The Kier molecular flexibility index (Phi) is 4.74. The molecule has 2 rings (SSSR count). The summed E-state index contributed by atoms with van der Waals surface area (Å²) in [4.78, 5) is 0. The monoisotopic (exact) mass is 331 g/mol. The molecule has 0 saturated carbocycles. The second-order valence-corrected chi connectivity index (χ2v) is 8.27. The molecule has 0 spiro atoms. The van der Waals surface area contributed by atoms with Crippen LogP contribution in [-0.2, 0) is 10.0 Å². The molecule has 0 aliphatic heterocycles. The van der Waals surface area contributed by atoms with Gasteiger partial charge in [-0.15, -0.1) is 11.3 Å². The van der Waals surface area contributed by atoms with Crippen molar-refractivity contribution in [1.82, 2.24) is 4.31 Å². The number of halogens is 1. The molecular weight excluding hydrogens is 314 g/mol. The summed E-state index contributed by atoms with van der Waals surface area (Å²) in [5.41, 5.74) is 0.794. The number of nitrogens with zero attached hydrogens (tertiary/aromatic N) is 1. The number of hydrogen-bond acceptors (Lipinski definition) is 3. The molecule has 1 aromatic carbocycles. The largest absolute Gasteiger partial charge is 0.252 e. The number of aryl methyl sites for hydroxylation is 1. The van der Waals surface area contributed by atoms with Gasteiger partial charge in [0, 0.05) is 22.8 Å². The van der Waals surface area contributed by atoms with Crippen LogP contribution in [0, 0.1) is 6.92 Å². The number of sulfonamides is 1. The number of fused-ring (bicyclic) bond motifs is 1. The van der Waals surface area contributed by atoms with Crippen molar-refractivity contribution in [2.75, 3.05) is 13.1 Å². The maximum absolute atomic E-state index is 12.7. The normalized spacial score (nSPS) is 12.4. The zero-order valence-electron chi connectivity index (χ0n) is 11.8. The SMILES string of the molecule is CCCN(CC)S(=O)(=O)c1sc2ccc(Cl)cc2c1C. The van der Waals surface area contributed by atoms with Gasteiger partial charge in [-0.1, -0.05) is 25.4 Å². The number of thiophene rings is 1. The first-order chi connectivity index (χ1) is 9.41. The summed E-state index contributed by atoms with van der Waals surface area (Å²) in [7, 11) is -3.41. The summed E-state index contributed by atoms with van der Waals surface area (Å²) in [5, 5.41) is 1.55. The van der Waals surface area contributed by atoms with Crippen LogP contribution in [0.1, 0.15) is 25.8 Å².